The molecule has 3 rings (SSSR count). The summed E-state index contributed by atoms with van der Waals surface area (Å²) in [6, 6.07) is 7.63. The molecule has 0 saturated carbocycles. The van der Waals surface area contributed by atoms with E-state index in [4.69, 9.17) is 4.74 Å². The van der Waals surface area contributed by atoms with Gasteiger partial charge >= 0.3 is 5.69 Å². The number of hydrogen-bond donors (Lipinski definition) is 1. The Hall–Kier alpha value is -2.32. The number of methoxy groups -OCH3 is 1. The SMILES string of the molecule is COc1ccccc1CNC(=O)CSc1nc(=O)n(CCCN(C)C)c2c1CCCC2. The molecule has 1 aliphatic rings. The Labute approximate surface area is 188 Å². The van der Waals surface area contributed by atoms with Crippen LogP contribution in [-0.2, 0) is 30.7 Å². The fraction of sp³-hybridized carbons (Fsp3) is 0.522. The molecule has 0 aliphatic heterocycles. The van der Waals surface area contributed by atoms with Crippen LogP contribution in [0.2, 0.25) is 0 Å². The van der Waals surface area contributed by atoms with E-state index in [1.165, 1.54) is 11.8 Å². The number of hydrogen-bond acceptors (Lipinski definition) is 6. The average Bonchev–Trinajstić information content (AvgIpc) is 2.77. The predicted molar refractivity (Wildman–Crippen MR) is 124 cm³/mol. The lowest BCUT2D eigenvalue weighted by Gasteiger charge is -2.23. The van der Waals surface area contributed by atoms with Gasteiger partial charge in [-0.05, 0) is 58.8 Å². The van der Waals surface area contributed by atoms with Gasteiger partial charge in [0.15, 0.2) is 0 Å². The molecule has 1 heterocycles. The van der Waals surface area contributed by atoms with Crippen LogP contribution in [0.25, 0.3) is 0 Å². The van der Waals surface area contributed by atoms with E-state index in [1.807, 2.05) is 42.9 Å². The predicted octanol–water partition coefficient (Wildman–Crippen LogP) is 2.49. The molecular formula is C23H32N4O3S. The van der Waals surface area contributed by atoms with Crippen LogP contribution in [0.1, 0.15) is 36.1 Å². The first-order valence-corrected chi connectivity index (χ1v) is 11.8. The fourth-order valence-corrected chi connectivity index (χ4v) is 4.78. The van der Waals surface area contributed by atoms with Gasteiger partial charge in [-0.15, -0.1) is 0 Å². The van der Waals surface area contributed by atoms with Crippen LogP contribution >= 0.6 is 11.8 Å². The molecule has 0 bridgehead atoms. The Morgan fingerprint density at radius 3 is 2.81 bits per heavy atom. The third kappa shape index (κ3) is 6.33. The molecule has 1 aromatic carbocycles. The Morgan fingerprint density at radius 2 is 2.03 bits per heavy atom. The second-order valence-corrected chi connectivity index (χ2v) is 8.98. The van der Waals surface area contributed by atoms with Crippen molar-refractivity contribution in [1.82, 2.24) is 19.8 Å². The molecule has 2 aromatic rings. The molecule has 0 atom stereocenters. The average molecular weight is 445 g/mol. The number of fused-ring (bicyclic) bond motifs is 1. The molecule has 0 saturated heterocycles. The number of carbonyl (C=O) groups excluding carboxylic acids is 1. The van der Waals surface area contributed by atoms with Crippen molar-refractivity contribution in [2.24, 2.45) is 0 Å². The maximum Gasteiger partial charge on any atom is 0.348 e. The van der Waals surface area contributed by atoms with Crippen LogP contribution in [0.3, 0.4) is 0 Å². The van der Waals surface area contributed by atoms with E-state index < -0.39 is 0 Å². The summed E-state index contributed by atoms with van der Waals surface area (Å²) in [7, 11) is 5.69. The zero-order chi connectivity index (χ0) is 22.2. The Morgan fingerprint density at radius 1 is 1.26 bits per heavy atom. The molecule has 168 valence electrons. The normalized spacial score (nSPS) is 13.2. The molecule has 0 radical (unpaired) electrons. The monoisotopic (exact) mass is 444 g/mol. The van der Waals surface area contributed by atoms with Gasteiger partial charge < -0.3 is 15.0 Å². The summed E-state index contributed by atoms with van der Waals surface area (Å²) in [5.41, 5.74) is 3.00. The van der Waals surface area contributed by atoms with Crippen LogP contribution in [0.4, 0.5) is 0 Å². The first kappa shape index (κ1) is 23.3. The lowest BCUT2D eigenvalue weighted by molar-refractivity contribution is -0.118. The Balaban J connectivity index is 1.65. The number of para-hydroxylation sites is 1. The topological polar surface area (TPSA) is 76.5 Å². The maximum atomic E-state index is 12.7. The van der Waals surface area contributed by atoms with Crippen LogP contribution in [0.5, 0.6) is 5.75 Å². The summed E-state index contributed by atoms with van der Waals surface area (Å²) in [5, 5.41) is 3.65. The first-order valence-electron chi connectivity index (χ1n) is 10.8. The summed E-state index contributed by atoms with van der Waals surface area (Å²) in [4.78, 5) is 31.6. The van der Waals surface area contributed by atoms with E-state index in [2.05, 4.69) is 15.2 Å². The van der Waals surface area contributed by atoms with Gasteiger partial charge in [-0.3, -0.25) is 9.36 Å². The van der Waals surface area contributed by atoms with Crippen molar-refractivity contribution in [3.63, 3.8) is 0 Å². The Bertz CT molecular complexity index is 958. The molecule has 0 fully saturated rings. The van der Waals surface area contributed by atoms with Gasteiger partial charge in [0.25, 0.3) is 0 Å². The van der Waals surface area contributed by atoms with Crippen molar-refractivity contribution in [2.75, 3.05) is 33.5 Å². The highest BCUT2D eigenvalue weighted by Crippen LogP contribution is 2.28. The molecule has 1 N–H and O–H groups in total. The van der Waals surface area contributed by atoms with Crippen molar-refractivity contribution in [3.05, 3.63) is 51.6 Å². The van der Waals surface area contributed by atoms with Crippen LogP contribution in [-0.4, -0.2) is 53.9 Å². The van der Waals surface area contributed by atoms with Crippen LogP contribution in [0, 0.1) is 0 Å². The summed E-state index contributed by atoms with van der Waals surface area (Å²) < 4.78 is 7.18. The molecule has 1 amide bonds. The maximum absolute atomic E-state index is 12.7. The van der Waals surface area contributed by atoms with Gasteiger partial charge in [-0.2, -0.15) is 4.98 Å². The van der Waals surface area contributed by atoms with E-state index in [1.54, 1.807) is 7.11 Å². The van der Waals surface area contributed by atoms with Crippen molar-refractivity contribution in [2.45, 2.75) is 50.2 Å². The minimum atomic E-state index is -0.198. The number of nitrogens with one attached hydrogen (secondary N) is 1. The van der Waals surface area contributed by atoms with Crippen molar-refractivity contribution in [1.29, 1.82) is 0 Å². The van der Waals surface area contributed by atoms with Crippen LogP contribution in [0.15, 0.2) is 34.1 Å². The summed E-state index contributed by atoms with van der Waals surface area (Å²) in [5.74, 6) is 0.903. The minimum absolute atomic E-state index is 0.0857. The third-order valence-electron chi connectivity index (χ3n) is 5.45. The molecular weight excluding hydrogens is 412 g/mol. The summed E-state index contributed by atoms with van der Waals surface area (Å²) in [6.45, 7) is 2.03. The second-order valence-electron chi connectivity index (χ2n) is 8.02. The van der Waals surface area contributed by atoms with Crippen molar-refractivity contribution < 1.29 is 9.53 Å². The lowest BCUT2D eigenvalue weighted by atomic mass is 9.97. The number of nitrogens with zero attached hydrogens (tertiary/aromatic N) is 3. The standard InChI is InChI=1S/C23H32N4O3S/c1-26(2)13-8-14-27-19-11-6-5-10-18(19)22(25-23(27)29)31-16-21(28)24-15-17-9-4-7-12-20(17)30-3/h4,7,9,12H,5-6,8,10-11,13-16H2,1-3H3,(H,24,28). The molecule has 1 aromatic heterocycles. The largest absolute Gasteiger partial charge is 0.496 e. The smallest absolute Gasteiger partial charge is 0.348 e. The highest BCUT2D eigenvalue weighted by molar-refractivity contribution is 7.99. The van der Waals surface area contributed by atoms with Crippen molar-refractivity contribution >= 4 is 17.7 Å². The molecule has 0 unspecified atom stereocenters. The number of rotatable bonds is 10. The van der Waals surface area contributed by atoms with E-state index in [0.717, 1.165) is 66.2 Å². The van der Waals surface area contributed by atoms with E-state index in [0.29, 0.717) is 13.1 Å². The van der Waals surface area contributed by atoms with Gasteiger partial charge in [0, 0.05) is 29.9 Å². The summed E-state index contributed by atoms with van der Waals surface area (Å²) >= 11 is 1.36. The van der Waals surface area contributed by atoms with Gasteiger partial charge in [-0.1, -0.05) is 30.0 Å². The van der Waals surface area contributed by atoms with E-state index >= 15 is 0 Å². The summed E-state index contributed by atoms with van der Waals surface area (Å²) in [6.07, 6.45) is 4.93. The number of aromatic nitrogens is 2. The quantitative estimate of drug-likeness (QED) is 0.448. The number of amides is 1. The van der Waals surface area contributed by atoms with Gasteiger partial charge in [-0.25, -0.2) is 4.79 Å². The van der Waals surface area contributed by atoms with Crippen molar-refractivity contribution in [3.8, 4) is 5.75 Å². The highest BCUT2D eigenvalue weighted by Gasteiger charge is 2.21. The van der Waals surface area contributed by atoms with E-state index in [9.17, 15) is 9.59 Å². The number of carbonyl (C=O) groups is 1. The molecule has 1 aliphatic carbocycles. The first-order chi connectivity index (χ1) is 15.0. The highest BCUT2D eigenvalue weighted by atomic mass is 32.2. The second kappa shape index (κ2) is 11.3. The molecule has 0 spiro atoms. The third-order valence-corrected chi connectivity index (χ3v) is 6.46. The zero-order valence-electron chi connectivity index (χ0n) is 18.6. The van der Waals surface area contributed by atoms with Gasteiger partial charge in [0.05, 0.1) is 12.9 Å². The minimum Gasteiger partial charge on any atom is -0.496 e. The zero-order valence-corrected chi connectivity index (χ0v) is 19.5. The number of benzene rings is 1. The van der Waals surface area contributed by atoms with Gasteiger partial charge in [0.2, 0.25) is 5.91 Å². The van der Waals surface area contributed by atoms with Gasteiger partial charge in [0.1, 0.15) is 10.8 Å². The van der Waals surface area contributed by atoms with Crippen LogP contribution < -0.4 is 15.7 Å². The molecule has 8 heteroatoms. The molecule has 31 heavy (non-hydrogen) atoms. The fourth-order valence-electron chi connectivity index (χ4n) is 3.87. The lowest BCUT2D eigenvalue weighted by Crippen LogP contribution is -2.31. The Kier molecular flexibility index (Phi) is 8.54. The van der Waals surface area contributed by atoms with E-state index in [-0.39, 0.29) is 17.3 Å². The number of ether oxygens (including phenoxy) is 1. The molecule has 7 nitrogen and oxygen atoms in total. The number of thioether (sulfide) groups is 1.